The van der Waals surface area contributed by atoms with E-state index >= 15 is 0 Å². The first-order valence-corrected chi connectivity index (χ1v) is 19.7. The lowest BCUT2D eigenvalue weighted by atomic mass is 9.84. The van der Waals surface area contributed by atoms with Crippen LogP contribution in [0.3, 0.4) is 0 Å². The summed E-state index contributed by atoms with van der Waals surface area (Å²) in [7, 11) is 0. The molecule has 2 aliphatic rings. The van der Waals surface area contributed by atoms with E-state index in [9.17, 15) is 0 Å². The first-order valence-electron chi connectivity index (χ1n) is 19.4. The van der Waals surface area contributed by atoms with Crippen molar-refractivity contribution in [2.45, 2.75) is 44.7 Å². The van der Waals surface area contributed by atoms with Crippen molar-refractivity contribution in [1.82, 2.24) is 41.7 Å². The normalized spacial score (nSPS) is 16.5. The molecule has 0 aliphatic carbocycles. The van der Waals surface area contributed by atoms with Crippen LogP contribution in [0.15, 0.2) is 72.8 Å². The van der Waals surface area contributed by atoms with Crippen molar-refractivity contribution in [3.63, 3.8) is 0 Å². The third kappa shape index (κ3) is 29.1. The predicted octanol–water partition coefficient (Wildman–Crippen LogP) is 7.22. The van der Waals surface area contributed by atoms with Gasteiger partial charge in [-0.3, -0.25) is 9.80 Å². The third-order valence-electron chi connectivity index (χ3n) is 9.86. The molecule has 0 bridgehead atoms. The average molecular weight is 1390 g/mol. The quantitative estimate of drug-likeness (QED) is 0.136. The Balaban J connectivity index is -0.000000729. The largest absolute Gasteiger partial charge is 0.412 e. The number of rotatable bonds is 7. The van der Waals surface area contributed by atoms with E-state index in [0.29, 0.717) is 0 Å². The van der Waals surface area contributed by atoms with Gasteiger partial charge in [0.1, 0.15) is 0 Å². The second-order valence-electron chi connectivity index (χ2n) is 13.9. The second kappa shape index (κ2) is 45.5. The van der Waals surface area contributed by atoms with Crippen molar-refractivity contribution in [1.29, 1.82) is 0 Å². The average Bonchev–Trinajstić information content (AvgIpc) is 3.13. The molecule has 0 saturated carbocycles. The van der Waals surface area contributed by atoms with Crippen molar-refractivity contribution in [2.75, 3.05) is 105 Å². The summed E-state index contributed by atoms with van der Waals surface area (Å²) in [5.41, 5.74) is 6.56. The Bertz CT molecular complexity index is 1260. The second-order valence-corrected chi connectivity index (χ2v) is 14.4. The molecule has 19 heteroatoms. The predicted molar refractivity (Wildman–Crippen MR) is 301 cm³/mol. The summed E-state index contributed by atoms with van der Waals surface area (Å²) in [6.07, 6.45) is 4.66. The summed E-state index contributed by atoms with van der Waals surface area (Å²) in [5, 5.41) is 22.3. The van der Waals surface area contributed by atoms with E-state index in [4.69, 9.17) is 11.6 Å². The molecular formula is C41H75Br8ClN8O2. The zero-order chi connectivity index (χ0) is 34.5. The molecule has 0 aromatic heterocycles. The molecule has 60 heavy (non-hydrogen) atoms. The Morgan fingerprint density at radius 3 is 1.12 bits per heavy atom. The first kappa shape index (κ1) is 73.0. The Morgan fingerprint density at radius 1 is 0.400 bits per heavy atom. The van der Waals surface area contributed by atoms with Gasteiger partial charge in [0.05, 0.1) is 0 Å². The molecule has 2 fully saturated rings. The Hall–Kier alpha value is 1.39. The smallest absolute Gasteiger partial charge is 0.0409 e. The highest BCUT2D eigenvalue weighted by Crippen LogP contribution is 2.33. The van der Waals surface area contributed by atoms with Crippen LogP contribution in [0.5, 0.6) is 0 Å². The highest BCUT2D eigenvalue weighted by molar-refractivity contribution is 8.93. The Kier molecular flexibility index (Phi) is 55.4. The zero-order valence-electron chi connectivity index (χ0n) is 34.6. The zero-order valence-corrected chi connectivity index (χ0v) is 49.1. The van der Waals surface area contributed by atoms with Gasteiger partial charge >= 0.3 is 0 Å². The highest BCUT2D eigenvalue weighted by Gasteiger charge is 2.18. The van der Waals surface area contributed by atoms with E-state index < -0.39 is 0 Å². The van der Waals surface area contributed by atoms with Gasteiger partial charge in [-0.05, 0) is 118 Å². The lowest BCUT2D eigenvalue weighted by Gasteiger charge is -2.25. The van der Waals surface area contributed by atoms with Crippen LogP contribution in [0, 0.1) is 0 Å². The minimum atomic E-state index is 0. The van der Waals surface area contributed by atoms with E-state index in [1.165, 1.54) is 40.7 Å². The number of hydrogen-bond donors (Lipinski definition) is 6. The van der Waals surface area contributed by atoms with Gasteiger partial charge in [-0.1, -0.05) is 72.3 Å². The number of benzene rings is 3. The van der Waals surface area contributed by atoms with Gasteiger partial charge in [-0.15, -0.1) is 136 Å². The summed E-state index contributed by atoms with van der Waals surface area (Å²) in [6, 6.07) is 27.1. The fraction of sp³-hybridized carbons (Fsp3) is 0.561. The third-order valence-corrected chi connectivity index (χ3v) is 10.1. The summed E-state index contributed by atoms with van der Waals surface area (Å²) >= 11 is 6.56. The van der Waals surface area contributed by atoms with Crippen LogP contribution in [0.4, 0.5) is 0 Å². The summed E-state index contributed by atoms with van der Waals surface area (Å²) in [5.74, 6) is 0.121. The maximum atomic E-state index is 6.56. The molecule has 3 aromatic carbocycles. The van der Waals surface area contributed by atoms with Crippen molar-refractivity contribution in [3.8, 4) is 0 Å². The molecule has 0 radical (unpaired) electrons. The maximum Gasteiger partial charge on any atom is 0.0409 e. The molecule has 5 rings (SSSR count). The number of halogens is 9. The van der Waals surface area contributed by atoms with E-state index in [-0.39, 0.29) is 153 Å². The van der Waals surface area contributed by atoms with Gasteiger partial charge < -0.3 is 42.9 Å². The molecule has 0 spiro atoms. The molecule has 354 valence electrons. The van der Waals surface area contributed by atoms with E-state index in [1.807, 2.05) is 6.07 Å². The number of nitrogens with one attached hydrogen (secondary N) is 6. The number of nitrogens with zero attached hydrogens (tertiary/aromatic N) is 2. The minimum absolute atomic E-state index is 0. The first-order chi connectivity index (χ1) is 24.7. The van der Waals surface area contributed by atoms with E-state index in [0.717, 1.165) is 136 Å². The topological polar surface area (TPSA) is 142 Å². The highest BCUT2D eigenvalue weighted by atomic mass is 79.9. The van der Waals surface area contributed by atoms with Crippen LogP contribution in [-0.2, 0) is 13.1 Å². The molecule has 2 heterocycles. The molecule has 0 unspecified atom stereocenters. The van der Waals surface area contributed by atoms with Crippen molar-refractivity contribution in [3.05, 3.63) is 106 Å². The van der Waals surface area contributed by atoms with Gasteiger partial charge in [0.15, 0.2) is 0 Å². The Labute approximate surface area is 450 Å². The van der Waals surface area contributed by atoms with Crippen molar-refractivity contribution in [2.24, 2.45) is 0 Å². The minimum Gasteiger partial charge on any atom is -0.412 e. The van der Waals surface area contributed by atoms with Gasteiger partial charge in [-0.25, -0.2) is 0 Å². The molecule has 2 saturated heterocycles. The van der Waals surface area contributed by atoms with Crippen LogP contribution in [0.25, 0.3) is 0 Å². The molecule has 0 amide bonds. The van der Waals surface area contributed by atoms with E-state index in [2.05, 4.69) is 108 Å². The standard InChI is InChI=1S/C41H63ClN8.8BrH.2H2O/c42-40-7-1-6-39(32-40)41(37-12-8-35(9-13-37)33-49-28-4-20-45-24-22-43-16-2-18-47-26-30-49)38-14-10-36(11-15-38)34-50-29-5-21-46-25-23-44-17-3-19-48-27-31-50;;;;;;;;;;/h1,6-15,32,41,43-48H,2-5,16-31,33-34H2;8*1H;2*1H2. The van der Waals surface area contributed by atoms with Gasteiger partial charge in [-0.2, -0.15) is 0 Å². The SMILES string of the molecule is Br.Br.Br.Br.Br.Br.Br.Br.Clc1cccc(C(c2ccc(CN3CCCNCCNCCCNCC3)cc2)c2ccc(CN3CCCNCCNCCCNCC3)cc2)c1.O.O. The number of hydrogen-bond acceptors (Lipinski definition) is 8. The summed E-state index contributed by atoms with van der Waals surface area (Å²) in [4.78, 5) is 5.21. The van der Waals surface area contributed by atoms with Crippen LogP contribution in [0.2, 0.25) is 5.02 Å². The Morgan fingerprint density at radius 2 is 0.750 bits per heavy atom. The fourth-order valence-corrected chi connectivity index (χ4v) is 7.26. The summed E-state index contributed by atoms with van der Waals surface area (Å²) < 4.78 is 0. The van der Waals surface area contributed by atoms with Crippen LogP contribution in [0.1, 0.15) is 59.4 Å². The van der Waals surface area contributed by atoms with Crippen molar-refractivity contribution < 1.29 is 11.0 Å². The molecule has 2 aliphatic heterocycles. The lowest BCUT2D eigenvalue weighted by molar-refractivity contribution is 0.260. The van der Waals surface area contributed by atoms with Gasteiger partial charge in [0.2, 0.25) is 0 Å². The van der Waals surface area contributed by atoms with Crippen LogP contribution in [-0.4, -0.2) is 125 Å². The maximum absolute atomic E-state index is 6.56. The molecule has 10 N–H and O–H groups in total. The summed E-state index contributed by atoms with van der Waals surface area (Å²) in [6.45, 7) is 18.9. The van der Waals surface area contributed by atoms with E-state index in [1.54, 1.807) is 0 Å². The van der Waals surface area contributed by atoms with Crippen molar-refractivity contribution >= 4 is 147 Å². The molecule has 3 aromatic rings. The van der Waals surface area contributed by atoms with Gasteiger partial charge in [0, 0.05) is 76.4 Å². The monoisotopic (exact) mass is 1380 g/mol. The van der Waals surface area contributed by atoms with Crippen LogP contribution < -0.4 is 31.9 Å². The fourth-order valence-electron chi connectivity index (χ4n) is 7.06. The molecule has 0 atom stereocenters. The molecular weight excluding hydrogens is 1310 g/mol. The lowest BCUT2D eigenvalue weighted by Crippen LogP contribution is -2.36. The molecule has 10 nitrogen and oxygen atoms in total. The van der Waals surface area contributed by atoms with Gasteiger partial charge in [0.25, 0.3) is 0 Å². The van der Waals surface area contributed by atoms with Crippen LogP contribution >= 0.6 is 147 Å².